The van der Waals surface area contributed by atoms with E-state index in [0.717, 1.165) is 28.6 Å². The minimum absolute atomic E-state index is 0.0364. The summed E-state index contributed by atoms with van der Waals surface area (Å²) in [5, 5.41) is 15.3. The van der Waals surface area contributed by atoms with E-state index in [1.54, 1.807) is 30.6 Å². The number of ether oxygens (including phenoxy) is 2. The van der Waals surface area contributed by atoms with Crippen LogP contribution in [0.15, 0.2) is 61.1 Å². The van der Waals surface area contributed by atoms with Crippen LogP contribution in [0.1, 0.15) is 56.8 Å². The van der Waals surface area contributed by atoms with Crippen molar-refractivity contribution in [2.45, 2.75) is 43.9 Å². The standard InChI is InChI=1S/C37H38FN9O7/c38-22(18-42-34(49)25-19-41-31(16-28(25)43-23-5-6-23)45-30-8-4-21-17-39-11-10-26(21)44-30)20-54-15-14-53-13-12-40-27-3-1-2-24-33(27)37(52)47(36(24)51)29-7-9-32(48)46-35(29)50/h1-4,8,10-11,16-17,19,22-23,29,40H,5-7,9,12-15,18,20H2,(H,42,49)(H,46,48,50)(H2,41,43,44,45). The monoisotopic (exact) mass is 739 g/mol. The molecule has 280 valence electrons. The average Bonchev–Trinajstić information content (AvgIpc) is 3.95. The summed E-state index contributed by atoms with van der Waals surface area (Å²) < 4.78 is 25.6. The number of aromatic nitrogens is 3. The summed E-state index contributed by atoms with van der Waals surface area (Å²) >= 11 is 0. The second-order valence-corrected chi connectivity index (χ2v) is 13.0. The van der Waals surface area contributed by atoms with Crippen LogP contribution in [-0.4, -0.2) is 107 Å². The predicted octanol–water partition coefficient (Wildman–Crippen LogP) is 2.96. The van der Waals surface area contributed by atoms with Crippen LogP contribution in [-0.2, 0) is 19.1 Å². The quantitative estimate of drug-likeness (QED) is 0.0782. The highest BCUT2D eigenvalue weighted by Gasteiger charge is 2.45. The summed E-state index contributed by atoms with van der Waals surface area (Å²) in [5.41, 5.74) is 2.41. The number of carbonyl (C=O) groups is 5. The van der Waals surface area contributed by atoms with Crippen molar-refractivity contribution < 1.29 is 37.8 Å². The molecule has 1 aromatic carbocycles. The molecule has 2 fully saturated rings. The largest absolute Gasteiger partial charge is 0.382 e. The summed E-state index contributed by atoms with van der Waals surface area (Å²) in [7, 11) is 0. The summed E-state index contributed by atoms with van der Waals surface area (Å²) in [6, 6.07) is 11.3. The van der Waals surface area contributed by atoms with Crippen molar-refractivity contribution in [3.8, 4) is 0 Å². The second kappa shape index (κ2) is 16.3. The maximum absolute atomic E-state index is 14.7. The highest BCUT2D eigenvalue weighted by Crippen LogP contribution is 2.32. The van der Waals surface area contributed by atoms with Gasteiger partial charge in [-0.3, -0.25) is 39.2 Å². The van der Waals surface area contributed by atoms with Gasteiger partial charge in [0, 0.05) is 54.7 Å². The molecule has 2 aliphatic heterocycles. The second-order valence-electron chi connectivity index (χ2n) is 13.0. The summed E-state index contributed by atoms with van der Waals surface area (Å²) in [4.78, 5) is 77.1. The first-order valence-corrected chi connectivity index (χ1v) is 17.7. The third kappa shape index (κ3) is 8.42. The molecule has 54 heavy (non-hydrogen) atoms. The molecule has 2 unspecified atom stereocenters. The van der Waals surface area contributed by atoms with Gasteiger partial charge in [0.1, 0.15) is 23.8 Å². The van der Waals surface area contributed by atoms with Gasteiger partial charge in [-0.15, -0.1) is 0 Å². The Bertz CT molecular complexity index is 2100. The zero-order chi connectivity index (χ0) is 37.6. The molecule has 0 bridgehead atoms. The number of hydrogen-bond acceptors (Lipinski definition) is 13. The highest BCUT2D eigenvalue weighted by atomic mass is 19.1. The fourth-order valence-electron chi connectivity index (χ4n) is 6.15. The van der Waals surface area contributed by atoms with E-state index >= 15 is 0 Å². The molecule has 16 nitrogen and oxygen atoms in total. The first-order valence-electron chi connectivity index (χ1n) is 17.7. The Morgan fingerprint density at radius 3 is 2.65 bits per heavy atom. The lowest BCUT2D eigenvalue weighted by molar-refractivity contribution is -0.136. The third-order valence-electron chi connectivity index (χ3n) is 9.02. The van der Waals surface area contributed by atoms with Gasteiger partial charge in [-0.1, -0.05) is 6.07 Å². The number of pyridine rings is 3. The van der Waals surface area contributed by atoms with Gasteiger partial charge in [0.25, 0.3) is 17.7 Å². The van der Waals surface area contributed by atoms with E-state index in [1.807, 2.05) is 18.2 Å². The maximum atomic E-state index is 14.7. The first-order chi connectivity index (χ1) is 26.2. The summed E-state index contributed by atoms with van der Waals surface area (Å²) in [6.07, 6.45) is 5.47. The van der Waals surface area contributed by atoms with Gasteiger partial charge in [-0.2, -0.15) is 0 Å². The van der Waals surface area contributed by atoms with Crippen LogP contribution in [0.4, 0.5) is 27.4 Å². The molecule has 0 radical (unpaired) electrons. The Hall–Kier alpha value is -6.07. The van der Waals surface area contributed by atoms with Crippen molar-refractivity contribution in [2.75, 3.05) is 55.5 Å². The van der Waals surface area contributed by atoms with E-state index < -0.39 is 41.7 Å². The fraction of sp³-hybridized carbons (Fsp3) is 0.351. The van der Waals surface area contributed by atoms with Gasteiger partial charge in [-0.25, -0.2) is 14.4 Å². The van der Waals surface area contributed by atoms with Crippen LogP contribution in [0.2, 0.25) is 0 Å². The lowest BCUT2D eigenvalue weighted by Gasteiger charge is -2.27. The van der Waals surface area contributed by atoms with E-state index in [2.05, 4.69) is 41.5 Å². The van der Waals surface area contributed by atoms with Crippen LogP contribution < -0.4 is 26.6 Å². The SMILES string of the molecule is O=C1CCC(N2C(=O)c3cccc(NCCOCCOCC(F)CNC(=O)c4cnc(Nc5ccc6cnccc6n5)cc4NC4CC4)c3C2=O)C(=O)N1. The number of carbonyl (C=O) groups excluding carboxylic acids is 5. The molecule has 2 atom stereocenters. The van der Waals surface area contributed by atoms with Gasteiger partial charge in [0.2, 0.25) is 11.8 Å². The Morgan fingerprint density at radius 1 is 0.963 bits per heavy atom. The predicted molar refractivity (Wildman–Crippen MR) is 194 cm³/mol. The van der Waals surface area contributed by atoms with Crippen molar-refractivity contribution in [2.24, 2.45) is 0 Å². The van der Waals surface area contributed by atoms with Crippen molar-refractivity contribution in [3.63, 3.8) is 0 Å². The number of anilines is 4. The average molecular weight is 740 g/mol. The van der Waals surface area contributed by atoms with Gasteiger partial charge >= 0.3 is 0 Å². The van der Waals surface area contributed by atoms with Crippen LogP contribution in [0.25, 0.3) is 10.9 Å². The molecule has 1 aliphatic carbocycles. The van der Waals surface area contributed by atoms with E-state index in [4.69, 9.17) is 9.47 Å². The molecule has 5 amide bonds. The van der Waals surface area contributed by atoms with Gasteiger partial charge in [0.15, 0.2) is 0 Å². The molecule has 17 heteroatoms. The van der Waals surface area contributed by atoms with E-state index in [9.17, 15) is 28.4 Å². The zero-order valence-electron chi connectivity index (χ0n) is 29.1. The Kier molecular flexibility index (Phi) is 11.0. The molecular weight excluding hydrogens is 701 g/mol. The molecule has 4 aromatic rings. The van der Waals surface area contributed by atoms with Crippen LogP contribution in [0.3, 0.4) is 0 Å². The minimum atomic E-state index is -1.46. The van der Waals surface area contributed by atoms with Crippen molar-refractivity contribution in [3.05, 3.63) is 77.7 Å². The van der Waals surface area contributed by atoms with E-state index in [1.165, 1.54) is 12.3 Å². The summed E-state index contributed by atoms with van der Waals surface area (Å²) in [6.45, 7) is 0.280. The molecule has 0 spiro atoms. The molecule has 1 saturated heterocycles. The minimum Gasteiger partial charge on any atom is -0.382 e. The Balaban J connectivity index is 0.815. The van der Waals surface area contributed by atoms with Crippen LogP contribution in [0.5, 0.6) is 0 Å². The molecule has 5 N–H and O–H groups in total. The van der Waals surface area contributed by atoms with Gasteiger partial charge in [-0.05, 0) is 49.6 Å². The molecule has 3 aliphatic rings. The smallest absolute Gasteiger partial charge is 0.264 e. The fourth-order valence-corrected chi connectivity index (χ4v) is 6.15. The number of imide groups is 2. The normalized spacial score (nSPS) is 17.3. The number of fused-ring (bicyclic) bond motifs is 2. The van der Waals surface area contributed by atoms with Crippen molar-refractivity contribution in [1.82, 2.24) is 30.5 Å². The molecule has 5 heterocycles. The molecule has 7 rings (SSSR count). The van der Waals surface area contributed by atoms with E-state index in [0.29, 0.717) is 28.6 Å². The third-order valence-corrected chi connectivity index (χ3v) is 9.02. The number of benzene rings is 1. The first kappa shape index (κ1) is 36.3. The number of rotatable bonds is 17. The Labute approximate surface area is 308 Å². The molecular formula is C37H38FN9O7. The van der Waals surface area contributed by atoms with Gasteiger partial charge < -0.3 is 30.7 Å². The Morgan fingerprint density at radius 2 is 1.81 bits per heavy atom. The maximum Gasteiger partial charge on any atom is 0.264 e. The number of alkyl halides is 1. The number of nitrogens with one attached hydrogen (secondary N) is 5. The molecule has 1 saturated carbocycles. The van der Waals surface area contributed by atoms with E-state index in [-0.39, 0.29) is 69.5 Å². The molecule has 3 aromatic heterocycles. The number of halogens is 1. The van der Waals surface area contributed by atoms with Crippen LogP contribution >= 0.6 is 0 Å². The van der Waals surface area contributed by atoms with Gasteiger partial charge in [0.05, 0.1) is 60.9 Å². The number of piperidine rings is 1. The topological polar surface area (TPSA) is 206 Å². The lowest BCUT2D eigenvalue weighted by Crippen LogP contribution is -2.54. The summed E-state index contributed by atoms with van der Waals surface area (Å²) in [5.74, 6) is -1.69. The number of amides is 5. The number of hydrogen-bond donors (Lipinski definition) is 5. The lowest BCUT2D eigenvalue weighted by atomic mass is 10.0. The number of nitrogens with zero attached hydrogens (tertiary/aromatic N) is 4. The highest BCUT2D eigenvalue weighted by molar-refractivity contribution is 6.25. The zero-order valence-corrected chi connectivity index (χ0v) is 29.1. The van der Waals surface area contributed by atoms with Crippen molar-refractivity contribution in [1.29, 1.82) is 0 Å². The van der Waals surface area contributed by atoms with Crippen LogP contribution in [0, 0.1) is 0 Å². The van der Waals surface area contributed by atoms with Crippen molar-refractivity contribution >= 4 is 63.4 Å².